The minimum Gasteiger partial charge on any atom is -0.464 e. The number of esters is 1. The zero-order valence-corrected chi connectivity index (χ0v) is 10.0. The van der Waals surface area contributed by atoms with Gasteiger partial charge in [0.1, 0.15) is 11.7 Å². The van der Waals surface area contributed by atoms with Crippen LogP contribution in [0.5, 0.6) is 0 Å². The van der Waals surface area contributed by atoms with Crippen LogP contribution in [-0.2, 0) is 4.74 Å². The van der Waals surface area contributed by atoms with Crippen LogP contribution in [0.3, 0.4) is 0 Å². The van der Waals surface area contributed by atoms with Gasteiger partial charge in [0.15, 0.2) is 5.69 Å². The van der Waals surface area contributed by atoms with Crippen molar-refractivity contribution in [1.29, 1.82) is 5.41 Å². The van der Waals surface area contributed by atoms with E-state index in [1.807, 2.05) is 0 Å². The number of carbonyl (C=O) groups excluding carboxylic acids is 1. The number of carbonyl (C=O) groups is 1. The van der Waals surface area contributed by atoms with Gasteiger partial charge in [-0.3, -0.25) is 10.2 Å². The molecule has 0 saturated heterocycles. The average Bonchev–Trinajstić information content (AvgIpc) is 2.72. The summed E-state index contributed by atoms with van der Waals surface area (Å²) in [6.45, 7) is 0. The van der Waals surface area contributed by atoms with Gasteiger partial charge in [-0.2, -0.15) is 0 Å². The highest BCUT2D eigenvalue weighted by Gasteiger charge is 2.27. The molecule has 0 radical (unpaired) electrons. The zero-order chi connectivity index (χ0) is 13.6. The summed E-state index contributed by atoms with van der Waals surface area (Å²) in [6, 6.07) is 8.15. The third-order valence-corrected chi connectivity index (χ3v) is 2.96. The van der Waals surface area contributed by atoms with Gasteiger partial charge in [0.25, 0.3) is 5.56 Å². The van der Waals surface area contributed by atoms with Crippen LogP contribution in [-0.4, -0.2) is 28.5 Å². The lowest BCUT2D eigenvalue weighted by molar-refractivity contribution is 0.0593. The number of methoxy groups -OCH3 is 1. The molecular formula is C13H9N3O3. The Morgan fingerprint density at radius 1 is 1.32 bits per heavy atom. The molecule has 2 heterocycles. The predicted octanol–water partition coefficient (Wildman–Crippen LogP) is 0.884. The lowest BCUT2D eigenvalue weighted by Crippen LogP contribution is -2.26. The van der Waals surface area contributed by atoms with E-state index in [0.717, 1.165) is 6.07 Å². The molecule has 1 aliphatic heterocycles. The summed E-state index contributed by atoms with van der Waals surface area (Å²) in [5.41, 5.74) is 0.763. The molecule has 0 spiro atoms. The molecule has 1 aliphatic rings. The Kier molecular flexibility index (Phi) is 2.31. The Hall–Kier alpha value is -2.76. The van der Waals surface area contributed by atoms with Crippen molar-refractivity contribution in [3.8, 4) is 11.4 Å². The molecule has 2 aromatic rings. The first-order valence-electron chi connectivity index (χ1n) is 5.54. The molecule has 1 aromatic heterocycles. The van der Waals surface area contributed by atoms with Crippen LogP contribution >= 0.6 is 0 Å². The molecule has 1 N–H and O–H groups in total. The second-order valence-electron chi connectivity index (χ2n) is 4.02. The lowest BCUT2D eigenvalue weighted by atomic mass is 10.1. The molecule has 94 valence electrons. The standard InChI is InChI=1S/C13H9N3O3/c1-19-13(18)9-6-10(17)16-11(14)7-4-2-3-5-8(7)12(16)15-9/h2-6,14H,1H3. The summed E-state index contributed by atoms with van der Waals surface area (Å²) >= 11 is 0. The largest absolute Gasteiger partial charge is 0.464 e. The number of ether oxygens (including phenoxy) is 1. The highest BCUT2D eigenvalue weighted by atomic mass is 16.5. The van der Waals surface area contributed by atoms with Crippen molar-refractivity contribution in [1.82, 2.24) is 9.55 Å². The fourth-order valence-corrected chi connectivity index (χ4v) is 2.09. The maximum atomic E-state index is 12.0. The van der Waals surface area contributed by atoms with E-state index in [1.54, 1.807) is 24.3 Å². The summed E-state index contributed by atoms with van der Waals surface area (Å²) in [5.74, 6) is -0.301. The van der Waals surface area contributed by atoms with E-state index in [9.17, 15) is 9.59 Å². The summed E-state index contributed by atoms with van der Waals surface area (Å²) in [4.78, 5) is 27.6. The Balaban J connectivity index is 2.33. The van der Waals surface area contributed by atoms with Gasteiger partial charge >= 0.3 is 5.97 Å². The predicted molar refractivity (Wildman–Crippen MR) is 67.5 cm³/mol. The Morgan fingerprint density at radius 3 is 2.68 bits per heavy atom. The Labute approximate surface area is 107 Å². The number of hydrogen-bond acceptors (Lipinski definition) is 5. The van der Waals surface area contributed by atoms with Gasteiger partial charge in [0.2, 0.25) is 0 Å². The van der Waals surface area contributed by atoms with E-state index in [1.165, 1.54) is 11.7 Å². The van der Waals surface area contributed by atoms with Gasteiger partial charge < -0.3 is 4.74 Å². The molecular weight excluding hydrogens is 246 g/mol. The van der Waals surface area contributed by atoms with Gasteiger partial charge in [-0.25, -0.2) is 14.3 Å². The van der Waals surface area contributed by atoms with E-state index in [2.05, 4.69) is 9.72 Å². The molecule has 0 bridgehead atoms. The van der Waals surface area contributed by atoms with Crippen LogP contribution in [0.4, 0.5) is 0 Å². The first-order chi connectivity index (χ1) is 9.13. The minimum atomic E-state index is -0.670. The maximum absolute atomic E-state index is 12.0. The molecule has 19 heavy (non-hydrogen) atoms. The number of nitrogens with zero attached hydrogens (tertiary/aromatic N) is 2. The fourth-order valence-electron chi connectivity index (χ4n) is 2.09. The number of fused-ring (bicyclic) bond motifs is 3. The van der Waals surface area contributed by atoms with Crippen molar-refractivity contribution < 1.29 is 9.53 Å². The van der Waals surface area contributed by atoms with Crippen molar-refractivity contribution in [2.45, 2.75) is 0 Å². The molecule has 0 saturated carbocycles. The van der Waals surface area contributed by atoms with Crippen LogP contribution in [0.25, 0.3) is 11.4 Å². The van der Waals surface area contributed by atoms with E-state index in [-0.39, 0.29) is 11.5 Å². The highest BCUT2D eigenvalue weighted by Crippen LogP contribution is 2.28. The van der Waals surface area contributed by atoms with E-state index < -0.39 is 11.5 Å². The van der Waals surface area contributed by atoms with Gasteiger partial charge in [-0.05, 0) is 0 Å². The summed E-state index contributed by atoms with van der Waals surface area (Å²) in [7, 11) is 1.23. The lowest BCUT2D eigenvalue weighted by Gasteiger charge is -2.04. The zero-order valence-electron chi connectivity index (χ0n) is 10.0. The molecule has 0 amide bonds. The molecule has 3 rings (SSSR count). The average molecular weight is 255 g/mol. The topological polar surface area (TPSA) is 85.0 Å². The van der Waals surface area contributed by atoms with E-state index >= 15 is 0 Å². The molecule has 6 nitrogen and oxygen atoms in total. The van der Waals surface area contributed by atoms with Crippen LogP contribution in [0, 0.1) is 5.41 Å². The summed E-state index contributed by atoms with van der Waals surface area (Å²) < 4.78 is 5.74. The number of nitrogens with one attached hydrogen (secondary N) is 1. The number of aromatic nitrogens is 2. The third kappa shape index (κ3) is 1.50. The minimum absolute atomic E-state index is 0.0525. The fraction of sp³-hybridized carbons (Fsp3) is 0.0769. The van der Waals surface area contributed by atoms with Gasteiger partial charge in [-0.15, -0.1) is 0 Å². The second kappa shape index (κ2) is 3.88. The molecule has 0 atom stereocenters. The normalized spacial score (nSPS) is 11.9. The van der Waals surface area contributed by atoms with Crippen molar-refractivity contribution in [3.63, 3.8) is 0 Å². The molecule has 0 unspecified atom stereocenters. The highest BCUT2D eigenvalue weighted by molar-refractivity contribution is 6.09. The van der Waals surface area contributed by atoms with Crippen LogP contribution in [0.15, 0.2) is 35.1 Å². The number of rotatable bonds is 1. The monoisotopic (exact) mass is 255 g/mol. The Bertz CT molecular complexity index is 777. The number of hydrogen-bond donors (Lipinski definition) is 1. The van der Waals surface area contributed by atoms with Crippen LogP contribution in [0.2, 0.25) is 0 Å². The SMILES string of the molecule is COC(=O)c1cc(=O)n2c(n1)-c1ccccc1C2=N. The van der Waals surface area contributed by atoms with E-state index in [4.69, 9.17) is 5.41 Å². The van der Waals surface area contributed by atoms with Crippen molar-refractivity contribution in [3.05, 3.63) is 51.9 Å². The molecule has 1 aromatic carbocycles. The molecule has 0 aliphatic carbocycles. The van der Waals surface area contributed by atoms with Crippen molar-refractivity contribution >= 4 is 11.8 Å². The molecule has 6 heteroatoms. The van der Waals surface area contributed by atoms with Crippen molar-refractivity contribution in [2.75, 3.05) is 7.11 Å². The first kappa shape index (κ1) is 11.3. The maximum Gasteiger partial charge on any atom is 0.356 e. The summed E-state index contributed by atoms with van der Waals surface area (Å²) in [5, 5.41) is 7.98. The quantitative estimate of drug-likeness (QED) is 0.654. The van der Waals surface area contributed by atoms with Gasteiger partial charge in [0.05, 0.1) is 7.11 Å². The third-order valence-electron chi connectivity index (χ3n) is 2.96. The molecule has 0 fully saturated rings. The number of benzene rings is 1. The van der Waals surface area contributed by atoms with Gasteiger partial charge in [-0.1, -0.05) is 24.3 Å². The van der Waals surface area contributed by atoms with Crippen LogP contribution in [0.1, 0.15) is 16.1 Å². The van der Waals surface area contributed by atoms with Crippen molar-refractivity contribution in [2.24, 2.45) is 0 Å². The second-order valence-corrected chi connectivity index (χ2v) is 4.02. The van der Waals surface area contributed by atoms with Crippen LogP contribution < -0.4 is 5.56 Å². The Morgan fingerprint density at radius 2 is 2.00 bits per heavy atom. The summed E-state index contributed by atoms with van der Waals surface area (Å²) in [6.07, 6.45) is 0. The smallest absolute Gasteiger partial charge is 0.356 e. The first-order valence-corrected chi connectivity index (χ1v) is 5.54. The van der Waals surface area contributed by atoms with E-state index in [0.29, 0.717) is 17.0 Å². The van der Waals surface area contributed by atoms with Gasteiger partial charge in [0, 0.05) is 17.2 Å².